The van der Waals surface area contributed by atoms with E-state index < -0.39 is 0 Å². The Labute approximate surface area is 105 Å². The number of pyridine rings is 1. The van der Waals surface area contributed by atoms with Crippen LogP contribution in [0, 0.1) is 0 Å². The van der Waals surface area contributed by atoms with Gasteiger partial charge in [-0.15, -0.1) is 12.4 Å². The summed E-state index contributed by atoms with van der Waals surface area (Å²) in [7, 11) is 0. The first kappa shape index (κ1) is 12.1. The lowest BCUT2D eigenvalue weighted by Gasteiger charge is -2.23. The second-order valence-corrected chi connectivity index (χ2v) is 4.17. The van der Waals surface area contributed by atoms with Crippen LogP contribution in [0.2, 0.25) is 0 Å². The maximum Gasteiger partial charge on any atom is 0.326 e. The van der Waals surface area contributed by atoms with E-state index >= 15 is 0 Å². The van der Waals surface area contributed by atoms with Crippen LogP contribution >= 0.6 is 12.4 Å². The lowest BCUT2D eigenvalue weighted by molar-refractivity contribution is 0.368. The molecule has 2 aromatic heterocycles. The maximum absolute atomic E-state index is 11.9. The molecule has 0 amide bonds. The Bertz CT molecular complexity index is 556. The minimum absolute atomic E-state index is 0. The van der Waals surface area contributed by atoms with Gasteiger partial charge in [-0.25, -0.2) is 4.79 Å². The minimum atomic E-state index is -0.0186. The first-order valence-electron chi connectivity index (χ1n) is 5.61. The summed E-state index contributed by atoms with van der Waals surface area (Å²) < 4.78 is 1.87. The van der Waals surface area contributed by atoms with E-state index in [0.29, 0.717) is 6.04 Å². The highest BCUT2D eigenvalue weighted by Gasteiger charge is 2.19. The first-order valence-corrected chi connectivity index (χ1v) is 5.61. The summed E-state index contributed by atoms with van der Waals surface area (Å²) in [4.78, 5) is 18.8. The highest BCUT2D eigenvalue weighted by molar-refractivity contribution is 5.85. The number of fused-ring (bicyclic) bond motifs is 1. The van der Waals surface area contributed by atoms with Crippen LogP contribution in [0.25, 0.3) is 11.0 Å². The van der Waals surface area contributed by atoms with Gasteiger partial charge in [0.25, 0.3) is 0 Å². The molecule has 2 N–H and O–H groups in total. The molecule has 1 fully saturated rings. The van der Waals surface area contributed by atoms with E-state index in [-0.39, 0.29) is 18.1 Å². The van der Waals surface area contributed by atoms with Gasteiger partial charge in [0.15, 0.2) is 0 Å². The van der Waals surface area contributed by atoms with Crippen molar-refractivity contribution >= 4 is 23.4 Å². The molecule has 3 heterocycles. The van der Waals surface area contributed by atoms with Crippen LogP contribution in [-0.2, 0) is 0 Å². The fourth-order valence-electron chi connectivity index (χ4n) is 2.41. The number of nitrogens with one attached hydrogen (secondary N) is 2. The van der Waals surface area contributed by atoms with Crippen molar-refractivity contribution in [2.45, 2.75) is 18.9 Å². The minimum Gasteiger partial charge on any atom is -0.317 e. The van der Waals surface area contributed by atoms with Gasteiger partial charge >= 0.3 is 5.69 Å². The molecule has 6 heteroatoms. The average Bonchev–Trinajstić information content (AvgIpc) is 2.66. The molecular weight excluding hydrogens is 240 g/mol. The Balaban J connectivity index is 0.00000108. The second kappa shape index (κ2) is 4.89. The third kappa shape index (κ3) is 2.08. The number of halogens is 1. The Morgan fingerprint density at radius 1 is 1.35 bits per heavy atom. The quantitative estimate of drug-likeness (QED) is 0.800. The summed E-state index contributed by atoms with van der Waals surface area (Å²) in [6, 6.07) is 2.21. The van der Waals surface area contributed by atoms with Crippen molar-refractivity contribution in [1.82, 2.24) is 19.9 Å². The number of nitrogens with zero attached hydrogens (tertiary/aromatic N) is 2. The van der Waals surface area contributed by atoms with Crippen molar-refractivity contribution in [1.29, 1.82) is 0 Å². The lowest BCUT2D eigenvalue weighted by atomic mass is 10.1. The smallest absolute Gasteiger partial charge is 0.317 e. The molecule has 3 rings (SSSR count). The summed E-state index contributed by atoms with van der Waals surface area (Å²) in [5.74, 6) is 0. The molecule has 5 nitrogen and oxygen atoms in total. The molecule has 2 aromatic rings. The number of hydrogen-bond donors (Lipinski definition) is 2. The number of hydrogen-bond acceptors (Lipinski definition) is 3. The fraction of sp³-hybridized carbons (Fsp3) is 0.455. The van der Waals surface area contributed by atoms with Crippen LogP contribution < -0.4 is 11.0 Å². The Morgan fingerprint density at radius 2 is 2.12 bits per heavy atom. The van der Waals surface area contributed by atoms with Crippen molar-refractivity contribution in [3.05, 3.63) is 28.9 Å². The van der Waals surface area contributed by atoms with Crippen LogP contribution in [0.1, 0.15) is 18.9 Å². The zero-order chi connectivity index (χ0) is 11.0. The number of imidazole rings is 1. The molecular formula is C11H15ClN4O. The molecule has 1 saturated heterocycles. The van der Waals surface area contributed by atoms with Gasteiger partial charge < -0.3 is 10.3 Å². The zero-order valence-corrected chi connectivity index (χ0v) is 10.2. The Kier molecular flexibility index (Phi) is 3.49. The van der Waals surface area contributed by atoms with E-state index in [1.807, 2.05) is 10.6 Å². The molecule has 0 bridgehead atoms. The Morgan fingerprint density at radius 3 is 2.88 bits per heavy atom. The summed E-state index contributed by atoms with van der Waals surface area (Å²) in [5, 5.41) is 3.31. The second-order valence-electron chi connectivity index (χ2n) is 4.17. The van der Waals surface area contributed by atoms with Gasteiger partial charge in [0.05, 0.1) is 17.2 Å². The van der Waals surface area contributed by atoms with E-state index in [9.17, 15) is 4.79 Å². The molecule has 1 aliphatic rings. The number of aromatic nitrogens is 3. The highest BCUT2D eigenvalue weighted by Crippen LogP contribution is 2.20. The van der Waals surface area contributed by atoms with Gasteiger partial charge in [-0.05, 0) is 32.0 Å². The number of aromatic amines is 1. The summed E-state index contributed by atoms with van der Waals surface area (Å²) in [5.41, 5.74) is 1.77. The molecule has 17 heavy (non-hydrogen) atoms. The highest BCUT2D eigenvalue weighted by atomic mass is 35.5. The Hall–Kier alpha value is -1.33. The molecule has 0 aliphatic carbocycles. The monoisotopic (exact) mass is 254 g/mol. The molecule has 0 spiro atoms. The number of rotatable bonds is 1. The van der Waals surface area contributed by atoms with Crippen molar-refractivity contribution in [3.8, 4) is 0 Å². The largest absolute Gasteiger partial charge is 0.326 e. The van der Waals surface area contributed by atoms with Gasteiger partial charge in [-0.2, -0.15) is 0 Å². The van der Waals surface area contributed by atoms with Crippen LogP contribution in [0.5, 0.6) is 0 Å². The molecule has 1 aliphatic heterocycles. The van der Waals surface area contributed by atoms with Gasteiger partial charge in [0, 0.05) is 12.2 Å². The van der Waals surface area contributed by atoms with E-state index in [2.05, 4.69) is 15.3 Å². The molecule has 0 saturated carbocycles. The van der Waals surface area contributed by atoms with Gasteiger partial charge in [-0.3, -0.25) is 9.55 Å². The van der Waals surface area contributed by atoms with E-state index in [1.54, 1.807) is 12.4 Å². The zero-order valence-electron chi connectivity index (χ0n) is 9.35. The number of H-pyrrole nitrogens is 1. The molecule has 0 radical (unpaired) electrons. The van der Waals surface area contributed by atoms with E-state index in [1.165, 1.54) is 0 Å². The van der Waals surface area contributed by atoms with Crippen molar-refractivity contribution in [2.24, 2.45) is 0 Å². The van der Waals surface area contributed by atoms with E-state index in [4.69, 9.17) is 0 Å². The third-order valence-electron chi connectivity index (χ3n) is 3.19. The molecule has 0 atom stereocenters. The topological polar surface area (TPSA) is 62.7 Å². The van der Waals surface area contributed by atoms with Crippen LogP contribution in [0.3, 0.4) is 0 Å². The van der Waals surface area contributed by atoms with Crippen molar-refractivity contribution in [2.75, 3.05) is 13.1 Å². The number of piperidine rings is 1. The summed E-state index contributed by atoms with van der Waals surface area (Å²) in [6.45, 7) is 1.96. The van der Waals surface area contributed by atoms with Crippen LogP contribution in [0.4, 0.5) is 0 Å². The normalized spacial score (nSPS) is 16.9. The van der Waals surface area contributed by atoms with Crippen molar-refractivity contribution < 1.29 is 0 Å². The van der Waals surface area contributed by atoms with Gasteiger partial charge in [0.1, 0.15) is 0 Å². The van der Waals surface area contributed by atoms with Crippen LogP contribution in [0.15, 0.2) is 23.3 Å². The van der Waals surface area contributed by atoms with Crippen molar-refractivity contribution in [3.63, 3.8) is 0 Å². The van der Waals surface area contributed by atoms with Gasteiger partial charge in [0.2, 0.25) is 0 Å². The predicted octanol–water partition coefficient (Wildman–Crippen LogP) is 1.07. The molecule has 92 valence electrons. The lowest BCUT2D eigenvalue weighted by Crippen LogP contribution is -2.33. The summed E-state index contributed by atoms with van der Waals surface area (Å²) >= 11 is 0. The van der Waals surface area contributed by atoms with E-state index in [0.717, 1.165) is 37.0 Å². The third-order valence-corrected chi connectivity index (χ3v) is 3.19. The predicted molar refractivity (Wildman–Crippen MR) is 68.7 cm³/mol. The molecule has 0 unspecified atom stereocenters. The first-order chi connectivity index (χ1) is 7.86. The van der Waals surface area contributed by atoms with Crippen LogP contribution in [-0.4, -0.2) is 27.6 Å². The average molecular weight is 255 g/mol. The molecule has 0 aromatic carbocycles. The fourth-order valence-corrected chi connectivity index (χ4v) is 2.41. The maximum atomic E-state index is 11.9. The summed E-state index contributed by atoms with van der Waals surface area (Å²) in [6.07, 6.45) is 5.45. The standard InChI is InChI=1S/C11H14N4O.ClH/c16-11-14-9-7-13-6-3-10(9)15(11)8-1-4-12-5-2-8;/h3,6-8,12H,1-2,4-5H2,(H,14,16);1H. The van der Waals surface area contributed by atoms with Gasteiger partial charge in [-0.1, -0.05) is 0 Å². The SMILES string of the molecule is Cl.O=c1[nH]c2cnccc2n1C1CCNCC1.